The lowest BCUT2D eigenvalue weighted by atomic mass is 10.1. The SMILES string of the molecule is COc1cc([C@H](O)C(F)(F)F)ccc1[N+](=O)[O-]. The lowest BCUT2D eigenvalue weighted by Gasteiger charge is -2.15. The van der Waals surface area contributed by atoms with E-state index < -0.39 is 28.5 Å². The number of aliphatic hydroxyl groups excluding tert-OH is 1. The van der Waals surface area contributed by atoms with Crippen LogP contribution in [-0.4, -0.2) is 23.3 Å². The molecule has 0 bridgehead atoms. The van der Waals surface area contributed by atoms with Gasteiger partial charge in [0.05, 0.1) is 12.0 Å². The molecule has 0 aliphatic heterocycles. The summed E-state index contributed by atoms with van der Waals surface area (Å²) in [5, 5.41) is 19.5. The van der Waals surface area contributed by atoms with Crippen molar-refractivity contribution in [1.82, 2.24) is 0 Å². The summed E-state index contributed by atoms with van der Waals surface area (Å²) >= 11 is 0. The molecule has 0 fully saturated rings. The number of nitro benzene ring substituents is 1. The maximum atomic E-state index is 12.2. The van der Waals surface area contributed by atoms with Gasteiger partial charge in [0.1, 0.15) is 0 Å². The molecule has 5 nitrogen and oxygen atoms in total. The largest absolute Gasteiger partial charge is 0.490 e. The summed E-state index contributed by atoms with van der Waals surface area (Å²) in [5.41, 5.74) is -0.981. The van der Waals surface area contributed by atoms with Crippen molar-refractivity contribution in [2.45, 2.75) is 12.3 Å². The smallest absolute Gasteiger partial charge is 0.418 e. The number of aliphatic hydroxyl groups is 1. The molecule has 0 unspecified atom stereocenters. The van der Waals surface area contributed by atoms with Crippen molar-refractivity contribution in [2.75, 3.05) is 7.11 Å². The number of nitrogens with zero attached hydrogens (tertiary/aromatic N) is 1. The molecule has 0 amide bonds. The van der Waals surface area contributed by atoms with Gasteiger partial charge in [0.25, 0.3) is 0 Å². The molecule has 1 atom stereocenters. The monoisotopic (exact) mass is 251 g/mol. The molecule has 0 saturated carbocycles. The Labute approximate surface area is 93.6 Å². The van der Waals surface area contributed by atoms with Crippen LogP contribution < -0.4 is 4.74 Å². The zero-order valence-corrected chi connectivity index (χ0v) is 8.56. The summed E-state index contributed by atoms with van der Waals surface area (Å²) in [4.78, 5) is 9.71. The molecule has 0 spiro atoms. The van der Waals surface area contributed by atoms with Crippen LogP contribution in [0.1, 0.15) is 11.7 Å². The maximum absolute atomic E-state index is 12.2. The number of hydrogen-bond acceptors (Lipinski definition) is 4. The number of hydrogen-bond donors (Lipinski definition) is 1. The molecule has 0 radical (unpaired) electrons. The summed E-state index contributed by atoms with van der Waals surface area (Å²) in [6, 6.07) is 2.47. The molecule has 0 aliphatic carbocycles. The third kappa shape index (κ3) is 2.84. The van der Waals surface area contributed by atoms with Crippen LogP contribution in [0.15, 0.2) is 18.2 Å². The zero-order chi connectivity index (χ0) is 13.2. The highest BCUT2D eigenvalue weighted by Crippen LogP contribution is 2.36. The summed E-state index contributed by atoms with van der Waals surface area (Å²) in [7, 11) is 1.09. The minimum atomic E-state index is -4.83. The predicted octanol–water partition coefficient (Wildman–Crippen LogP) is 2.20. The van der Waals surface area contributed by atoms with Crippen molar-refractivity contribution in [3.05, 3.63) is 33.9 Å². The number of ether oxygens (including phenoxy) is 1. The zero-order valence-electron chi connectivity index (χ0n) is 8.56. The van der Waals surface area contributed by atoms with Gasteiger partial charge in [-0.2, -0.15) is 13.2 Å². The van der Waals surface area contributed by atoms with Gasteiger partial charge < -0.3 is 9.84 Å². The van der Waals surface area contributed by atoms with E-state index in [2.05, 4.69) is 4.74 Å². The van der Waals surface area contributed by atoms with Crippen LogP contribution in [0.3, 0.4) is 0 Å². The minimum Gasteiger partial charge on any atom is -0.490 e. The molecule has 17 heavy (non-hydrogen) atoms. The van der Waals surface area contributed by atoms with E-state index in [0.717, 1.165) is 25.3 Å². The first-order valence-corrected chi connectivity index (χ1v) is 4.34. The number of alkyl halides is 3. The number of methoxy groups -OCH3 is 1. The fourth-order valence-corrected chi connectivity index (χ4v) is 1.20. The van der Waals surface area contributed by atoms with E-state index in [1.807, 2.05) is 0 Å². The number of halogens is 3. The van der Waals surface area contributed by atoms with Gasteiger partial charge in [0.15, 0.2) is 11.9 Å². The third-order valence-electron chi connectivity index (χ3n) is 2.03. The lowest BCUT2D eigenvalue weighted by molar-refractivity contribution is -0.385. The molecule has 0 aliphatic rings. The summed E-state index contributed by atoms with van der Waals surface area (Å²) in [6.45, 7) is 0. The van der Waals surface area contributed by atoms with Crippen LogP contribution in [0.25, 0.3) is 0 Å². The minimum absolute atomic E-state index is 0.337. The van der Waals surface area contributed by atoms with E-state index in [1.54, 1.807) is 0 Å². The van der Waals surface area contributed by atoms with Crippen LogP contribution in [0.2, 0.25) is 0 Å². The van der Waals surface area contributed by atoms with Crippen LogP contribution in [0.5, 0.6) is 5.75 Å². The van der Waals surface area contributed by atoms with Gasteiger partial charge in [-0.05, 0) is 17.7 Å². The first-order valence-electron chi connectivity index (χ1n) is 4.34. The maximum Gasteiger partial charge on any atom is 0.418 e. The van der Waals surface area contributed by atoms with Gasteiger partial charge in [-0.3, -0.25) is 10.1 Å². The second kappa shape index (κ2) is 4.58. The topological polar surface area (TPSA) is 72.6 Å². The van der Waals surface area contributed by atoms with E-state index in [9.17, 15) is 23.3 Å². The van der Waals surface area contributed by atoms with Crippen LogP contribution in [0, 0.1) is 10.1 Å². The average molecular weight is 251 g/mol. The van der Waals surface area contributed by atoms with Gasteiger partial charge in [-0.1, -0.05) is 0 Å². The van der Waals surface area contributed by atoms with E-state index in [1.165, 1.54) is 0 Å². The van der Waals surface area contributed by atoms with Crippen molar-refractivity contribution < 1.29 is 27.9 Å². The first-order chi connectivity index (χ1) is 7.77. The van der Waals surface area contributed by atoms with Gasteiger partial charge in [0, 0.05) is 6.07 Å². The Morgan fingerprint density at radius 3 is 2.47 bits per heavy atom. The standard InChI is InChI=1S/C9H8F3NO4/c1-17-7-4-5(8(14)9(10,11)12)2-3-6(7)13(15)16/h2-4,8,14H,1H3/t8-/m0/s1. The molecule has 94 valence electrons. The van der Waals surface area contributed by atoms with Crippen molar-refractivity contribution in [1.29, 1.82) is 0 Å². The molecule has 1 aromatic rings. The van der Waals surface area contributed by atoms with Crippen molar-refractivity contribution >= 4 is 5.69 Å². The van der Waals surface area contributed by atoms with Crippen LogP contribution in [0.4, 0.5) is 18.9 Å². The fraction of sp³-hybridized carbons (Fsp3) is 0.333. The summed E-state index contributed by atoms with van der Waals surface area (Å²) < 4.78 is 41.2. The highest BCUT2D eigenvalue weighted by molar-refractivity contribution is 5.49. The number of rotatable bonds is 3. The van der Waals surface area contributed by atoms with Crippen molar-refractivity contribution in [2.24, 2.45) is 0 Å². The summed E-state index contributed by atoms with van der Waals surface area (Å²) in [5.74, 6) is -0.337. The number of benzene rings is 1. The highest BCUT2D eigenvalue weighted by Gasteiger charge is 2.40. The van der Waals surface area contributed by atoms with E-state index in [0.29, 0.717) is 0 Å². The van der Waals surface area contributed by atoms with Gasteiger partial charge in [-0.25, -0.2) is 0 Å². The molecular formula is C9H8F3NO4. The molecular weight excluding hydrogens is 243 g/mol. The van der Waals surface area contributed by atoms with Gasteiger partial charge in [0.2, 0.25) is 0 Å². The Morgan fingerprint density at radius 2 is 2.06 bits per heavy atom. The second-order valence-electron chi connectivity index (χ2n) is 3.13. The van der Waals surface area contributed by atoms with E-state index >= 15 is 0 Å². The predicted molar refractivity (Wildman–Crippen MR) is 50.7 cm³/mol. The van der Waals surface area contributed by atoms with Crippen molar-refractivity contribution in [3.63, 3.8) is 0 Å². The van der Waals surface area contributed by atoms with E-state index in [4.69, 9.17) is 5.11 Å². The molecule has 1 aromatic carbocycles. The molecule has 1 rings (SSSR count). The quantitative estimate of drug-likeness (QED) is 0.660. The Kier molecular flexibility index (Phi) is 3.56. The van der Waals surface area contributed by atoms with Crippen molar-refractivity contribution in [3.8, 4) is 5.75 Å². The molecule has 1 N–H and O–H groups in total. The van der Waals surface area contributed by atoms with Gasteiger partial charge >= 0.3 is 11.9 Å². The van der Waals surface area contributed by atoms with Crippen LogP contribution >= 0.6 is 0 Å². The second-order valence-corrected chi connectivity index (χ2v) is 3.13. The number of nitro groups is 1. The van der Waals surface area contributed by atoms with E-state index in [-0.39, 0.29) is 5.75 Å². The van der Waals surface area contributed by atoms with Crippen LogP contribution in [-0.2, 0) is 0 Å². The third-order valence-corrected chi connectivity index (χ3v) is 2.03. The lowest BCUT2D eigenvalue weighted by Crippen LogP contribution is -2.20. The molecule has 8 heteroatoms. The Bertz CT molecular complexity index is 433. The first kappa shape index (κ1) is 13.2. The molecule has 0 aromatic heterocycles. The Hall–Kier alpha value is -1.83. The Balaban J connectivity index is 3.18. The molecule has 0 saturated heterocycles. The normalized spacial score (nSPS) is 13.2. The average Bonchev–Trinajstić information content (AvgIpc) is 2.25. The summed E-state index contributed by atoms with van der Waals surface area (Å²) in [6.07, 6.45) is -7.53. The Morgan fingerprint density at radius 1 is 1.47 bits per heavy atom. The fourth-order valence-electron chi connectivity index (χ4n) is 1.20. The highest BCUT2D eigenvalue weighted by atomic mass is 19.4. The van der Waals surface area contributed by atoms with Gasteiger partial charge in [-0.15, -0.1) is 0 Å². The molecule has 0 heterocycles.